The summed E-state index contributed by atoms with van der Waals surface area (Å²) in [7, 11) is 0. The maximum atomic E-state index is 12.4. The van der Waals surface area contributed by atoms with Gasteiger partial charge < -0.3 is 15.3 Å². The van der Waals surface area contributed by atoms with Crippen LogP contribution in [0.3, 0.4) is 0 Å². The molecule has 140 valence electrons. The van der Waals surface area contributed by atoms with Gasteiger partial charge in [-0.15, -0.1) is 0 Å². The van der Waals surface area contributed by atoms with Crippen molar-refractivity contribution in [3.63, 3.8) is 0 Å². The van der Waals surface area contributed by atoms with E-state index in [1.165, 1.54) is 44.1 Å². The molecule has 0 spiro atoms. The fraction of sp³-hybridized carbons (Fsp3) is 0.591. The summed E-state index contributed by atoms with van der Waals surface area (Å²) in [6.07, 6.45) is 8.66. The highest BCUT2D eigenvalue weighted by molar-refractivity contribution is 5.79. The summed E-state index contributed by atoms with van der Waals surface area (Å²) in [5.41, 5.74) is 2.18. The second-order valence-corrected chi connectivity index (χ2v) is 7.45. The Morgan fingerprint density at radius 2 is 1.85 bits per heavy atom. The lowest BCUT2D eigenvalue weighted by Gasteiger charge is -2.27. The third kappa shape index (κ3) is 5.33. The average Bonchev–Trinajstić information content (AvgIpc) is 2.85. The van der Waals surface area contributed by atoms with Gasteiger partial charge in [0.15, 0.2) is 0 Å². The number of aliphatic hydroxyl groups excluding tert-OH is 1. The Labute approximate surface area is 157 Å². The highest BCUT2D eigenvalue weighted by Gasteiger charge is 2.33. The molecule has 26 heavy (non-hydrogen) atoms. The Balaban J connectivity index is 1.48. The van der Waals surface area contributed by atoms with Gasteiger partial charge in [-0.3, -0.25) is 4.79 Å². The van der Waals surface area contributed by atoms with Crippen LogP contribution in [0.4, 0.5) is 0 Å². The fourth-order valence-corrected chi connectivity index (χ4v) is 3.98. The minimum Gasteiger partial charge on any atom is -0.395 e. The first-order chi connectivity index (χ1) is 12.8. The number of nitrogens with one attached hydrogen (secondary N) is 1. The minimum atomic E-state index is 0.104. The highest BCUT2D eigenvalue weighted by atomic mass is 16.2. The predicted molar refractivity (Wildman–Crippen MR) is 103 cm³/mol. The smallest absolute Gasteiger partial charge is 0.224 e. The number of hydrogen-bond acceptors (Lipinski definition) is 3. The Hall–Kier alpha value is -1.83. The van der Waals surface area contributed by atoms with Crippen LogP contribution in [0.15, 0.2) is 24.3 Å². The standard InChI is InChI=1S/C22H30N2O2/c25-14-6-5-7-18-10-12-19(13-11-18)16-23-20-15-22(26)24(17-20)21-8-3-1-2-4-9-21/h10-13,20-21,23,25H,1-4,6,8-9,14-17H2. The number of likely N-dealkylation sites (tertiary alicyclic amines) is 1. The van der Waals surface area contributed by atoms with Gasteiger partial charge in [-0.1, -0.05) is 49.7 Å². The molecule has 1 aliphatic heterocycles. The number of carbonyl (C=O) groups is 1. The van der Waals surface area contributed by atoms with Gasteiger partial charge in [-0.05, 0) is 30.5 Å². The molecule has 2 fully saturated rings. The first kappa shape index (κ1) is 18.9. The molecule has 3 rings (SSSR count). The quantitative estimate of drug-likeness (QED) is 0.631. The highest BCUT2D eigenvalue weighted by Crippen LogP contribution is 2.25. The lowest BCUT2D eigenvalue weighted by atomic mass is 10.1. The molecule has 1 aromatic rings. The van der Waals surface area contributed by atoms with Crippen molar-refractivity contribution in [2.45, 2.75) is 70.0 Å². The van der Waals surface area contributed by atoms with Gasteiger partial charge in [0.2, 0.25) is 5.91 Å². The van der Waals surface area contributed by atoms with Gasteiger partial charge in [0.25, 0.3) is 0 Å². The molecule has 1 aromatic carbocycles. The lowest BCUT2D eigenvalue weighted by Crippen LogP contribution is -2.38. The second-order valence-electron chi connectivity index (χ2n) is 7.45. The number of carbonyl (C=O) groups excluding carboxylic acids is 1. The molecule has 1 unspecified atom stereocenters. The summed E-state index contributed by atoms with van der Waals surface area (Å²) in [6, 6.07) is 8.91. The Bertz CT molecular complexity index is 636. The Morgan fingerprint density at radius 3 is 2.54 bits per heavy atom. The topological polar surface area (TPSA) is 52.6 Å². The second kappa shape index (κ2) is 9.75. The minimum absolute atomic E-state index is 0.104. The van der Waals surface area contributed by atoms with Gasteiger partial charge in [0, 0.05) is 43.6 Å². The zero-order chi connectivity index (χ0) is 18.2. The molecule has 1 aliphatic carbocycles. The molecule has 1 atom stereocenters. The van der Waals surface area contributed by atoms with Crippen LogP contribution in [0, 0.1) is 11.8 Å². The summed E-state index contributed by atoms with van der Waals surface area (Å²) in [5.74, 6) is 6.30. The summed E-state index contributed by atoms with van der Waals surface area (Å²) in [6.45, 7) is 1.74. The van der Waals surface area contributed by atoms with Crippen LogP contribution in [0.25, 0.3) is 0 Å². The van der Waals surface area contributed by atoms with Crippen LogP contribution < -0.4 is 5.32 Å². The maximum Gasteiger partial charge on any atom is 0.224 e. The van der Waals surface area contributed by atoms with Crippen molar-refractivity contribution in [3.8, 4) is 11.8 Å². The van der Waals surface area contributed by atoms with Crippen molar-refractivity contribution < 1.29 is 9.90 Å². The van der Waals surface area contributed by atoms with Crippen LogP contribution in [0.1, 0.15) is 62.5 Å². The Kier molecular flexibility index (Phi) is 7.11. The van der Waals surface area contributed by atoms with E-state index in [1.54, 1.807) is 0 Å². The molecule has 2 aliphatic rings. The average molecular weight is 354 g/mol. The number of benzene rings is 1. The van der Waals surface area contributed by atoms with Gasteiger partial charge in [-0.25, -0.2) is 0 Å². The number of amides is 1. The number of aliphatic hydroxyl groups is 1. The van der Waals surface area contributed by atoms with Crippen LogP contribution >= 0.6 is 0 Å². The molecule has 1 saturated heterocycles. The molecular formula is C22H30N2O2. The first-order valence-corrected chi connectivity index (χ1v) is 9.98. The first-order valence-electron chi connectivity index (χ1n) is 9.98. The molecular weight excluding hydrogens is 324 g/mol. The van der Waals surface area contributed by atoms with E-state index in [0.29, 0.717) is 24.8 Å². The van der Waals surface area contributed by atoms with Crippen molar-refractivity contribution in [2.75, 3.05) is 13.2 Å². The normalized spacial score (nSPS) is 21.3. The largest absolute Gasteiger partial charge is 0.395 e. The summed E-state index contributed by atoms with van der Waals surface area (Å²) in [4.78, 5) is 14.6. The zero-order valence-electron chi connectivity index (χ0n) is 15.5. The fourth-order valence-electron chi connectivity index (χ4n) is 3.98. The van der Waals surface area contributed by atoms with Crippen LogP contribution in [-0.4, -0.2) is 41.1 Å². The van der Waals surface area contributed by atoms with E-state index in [-0.39, 0.29) is 12.6 Å². The molecule has 2 N–H and O–H groups in total. The Morgan fingerprint density at radius 1 is 1.12 bits per heavy atom. The zero-order valence-corrected chi connectivity index (χ0v) is 15.5. The third-order valence-corrected chi connectivity index (χ3v) is 5.44. The van der Waals surface area contributed by atoms with Gasteiger partial charge in [-0.2, -0.15) is 0 Å². The molecule has 1 saturated carbocycles. The third-order valence-electron chi connectivity index (χ3n) is 5.44. The predicted octanol–water partition coefficient (Wildman–Crippen LogP) is 2.83. The number of hydrogen-bond donors (Lipinski definition) is 2. The van der Waals surface area contributed by atoms with Gasteiger partial charge in [0.05, 0.1) is 6.61 Å². The molecule has 1 heterocycles. The summed E-state index contributed by atoms with van der Waals surface area (Å²) < 4.78 is 0. The lowest BCUT2D eigenvalue weighted by molar-refractivity contribution is -0.129. The monoisotopic (exact) mass is 354 g/mol. The summed E-state index contributed by atoms with van der Waals surface area (Å²) in [5, 5.41) is 12.3. The van der Waals surface area contributed by atoms with Gasteiger partial charge in [0.1, 0.15) is 0 Å². The van der Waals surface area contributed by atoms with E-state index in [0.717, 1.165) is 18.7 Å². The van der Waals surface area contributed by atoms with E-state index < -0.39 is 0 Å². The SMILES string of the molecule is O=C1CC(NCc2ccc(C#CCCO)cc2)CN1C1CCCCCC1. The van der Waals surface area contributed by atoms with Crippen molar-refractivity contribution in [1.82, 2.24) is 10.2 Å². The van der Waals surface area contributed by atoms with Crippen LogP contribution in [-0.2, 0) is 11.3 Å². The van der Waals surface area contributed by atoms with E-state index in [4.69, 9.17) is 5.11 Å². The van der Waals surface area contributed by atoms with Gasteiger partial charge >= 0.3 is 0 Å². The van der Waals surface area contributed by atoms with E-state index in [1.807, 2.05) is 12.1 Å². The van der Waals surface area contributed by atoms with E-state index in [2.05, 4.69) is 34.2 Å². The van der Waals surface area contributed by atoms with Crippen molar-refractivity contribution in [2.24, 2.45) is 0 Å². The van der Waals surface area contributed by atoms with Crippen LogP contribution in [0.5, 0.6) is 0 Å². The molecule has 0 aromatic heterocycles. The van der Waals surface area contributed by atoms with Crippen LogP contribution in [0.2, 0.25) is 0 Å². The maximum absolute atomic E-state index is 12.4. The van der Waals surface area contributed by atoms with Crippen molar-refractivity contribution >= 4 is 5.91 Å². The van der Waals surface area contributed by atoms with E-state index in [9.17, 15) is 4.79 Å². The molecule has 0 radical (unpaired) electrons. The molecule has 4 heteroatoms. The molecule has 4 nitrogen and oxygen atoms in total. The molecule has 0 bridgehead atoms. The van der Waals surface area contributed by atoms with Crippen molar-refractivity contribution in [1.29, 1.82) is 0 Å². The molecule has 1 amide bonds. The van der Waals surface area contributed by atoms with E-state index >= 15 is 0 Å². The number of nitrogens with zero attached hydrogens (tertiary/aromatic N) is 1. The van der Waals surface area contributed by atoms with Crippen molar-refractivity contribution in [3.05, 3.63) is 35.4 Å². The number of rotatable bonds is 5. The summed E-state index contributed by atoms with van der Waals surface area (Å²) >= 11 is 0.